The van der Waals surface area contributed by atoms with Crippen LogP contribution in [0.5, 0.6) is 0 Å². The summed E-state index contributed by atoms with van der Waals surface area (Å²) < 4.78 is 2.03. The second-order valence-electron chi connectivity index (χ2n) is 7.09. The quantitative estimate of drug-likeness (QED) is 0.413. The molecule has 0 aliphatic carbocycles. The van der Waals surface area contributed by atoms with Gasteiger partial charge in [-0.1, -0.05) is 41.4 Å². The number of rotatable bonds is 3. The van der Waals surface area contributed by atoms with Crippen molar-refractivity contribution in [2.75, 3.05) is 5.73 Å². The second kappa shape index (κ2) is 7.28. The van der Waals surface area contributed by atoms with Crippen LogP contribution in [0.15, 0.2) is 79.0 Å². The normalized spacial score (nSPS) is 11.1. The maximum absolute atomic E-state index is 6.18. The molecule has 0 spiro atoms. The van der Waals surface area contributed by atoms with Crippen LogP contribution >= 0.6 is 11.6 Å². The van der Waals surface area contributed by atoms with Crippen LogP contribution in [-0.2, 0) is 0 Å². The van der Waals surface area contributed by atoms with Crippen LogP contribution in [0.4, 0.5) is 5.82 Å². The smallest absolute Gasteiger partial charge is 0.165 e. The molecule has 0 amide bonds. The van der Waals surface area contributed by atoms with Gasteiger partial charge in [-0.2, -0.15) is 0 Å². The Kier molecular flexibility index (Phi) is 4.45. The van der Waals surface area contributed by atoms with Crippen LogP contribution in [0.1, 0.15) is 5.56 Å². The molecule has 2 aromatic carbocycles. The number of aromatic nitrogens is 4. The van der Waals surface area contributed by atoms with E-state index in [-0.39, 0.29) is 0 Å². The lowest BCUT2D eigenvalue weighted by Gasteiger charge is -2.11. The Morgan fingerprint density at radius 3 is 2.37 bits per heavy atom. The Morgan fingerprint density at radius 2 is 1.63 bits per heavy atom. The molecule has 0 aliphatic heterocycles. The van der Waals surface area contributed by atoms with E-state index in [2.05, 4.69) is 36.2 Å². The predicted octanol–water partition coefficient (Wildman–Crippen LogP) is 5.69. The van der Waals surface area contributed by atoms with E-state index in [0.717, 1.165) is 33.7 Å². The second-order valence-corrected chi connectivity index (χ2v) is 7.53. The highest BCUT2D eigenvalue weighted by atomic mass is 35.5. The number of halogens is 1. The van der Waals surface area contributed by atoms with Gasteiger partial charge in [-0.3, -0.25) is 4.57 Å². The molecule has 0 atom stereocenters. The maximum atomic E-state index is 6.18. The Hall–Kier alpha value is -3.70. The molecular weight excluding hydrogens is 394 g/mol. The fourth-order valence-electron chi connectivity index (χ4n) is 3.46. The van der Waals surface area contributed by atoms with E-state index in [4.69, 9.17) is 27.3 Å². The molecule has 0 aliphatic rings. The van der Waals surface area contributed by atoms with Gasteiger partial charge in [-0.15, -0.1) is 0 Å². The van der Waals surface area contributed by atoms with Gasteiger partial charge in [0.2, 0.25) is 0 Å². The third-order valence-electron chi connectivity index (χ3n) is 5.02. The van der Waals surface area contributed by atoms with Crippen LogP contribution in [-0.4, -0.2) is 19.5 Å². The molecule has 0 saturated carbocycles. The predicted molar refractivity (Wildman–Crippen MR) is 122 cm³/mol. The summed E-state index contributed by atoms with van der Waals surface area (Å²) in [7, 11) is 0. The van der Waals surface area contributed by atoms with Crippen molar-refractivity contribution >= 4 is 28.6 Å². The summed E-state index contributed by atoms with van der Waals surface area (Å²) in [5, 5.41) is 0.693. The van der Waals surface area contributed by atoms with Gasteiger partial charge in [0, 0.05) is 22.5 Å². The summed E-state index contributed by atoms with van der Waals surface area (Å²) in [5.74, 6) is 1.14. The van der Waals surface area contributed by atoms with E-state index < -0.39 is 0 Å². The number of hydrogen-bond donors (Lipinski definition) is 1. The lowest BCUT2D eigenvalue weighted by molar-refractivity contribution is 1.07. The van der Waals surface area contributed by atoms with Gasteiger partial charge in [0.1, 0.15) is 11.3 Å². The summed E-state index contributed by atoms with van der Waals surface area (Å²) in [4.78, 5) is 14.0. The fraction of sp³-hybridized carbons (Fsp3) is 0.0417. The highest BCUT2D eigenvalue weighted by molar-refractivity contribution is 6.30. The first-order chi connectivity index (χ1) is 14.6. The number of hydrogen-bond acceptors (Lipinski definition) is 4. The van der Waals surface area contributed by atoms with Gasteiger partial charge in [-0.05, 0) is 55.5 Å². The molecule has 5 aromatic rings. The summed E-state index contributed by atoms with van der Waals surface area (Å²) in [6.45, 7) is 2.06. The van der Waals surface area contributed by atoms with Crippen molar-refractivity contribution in [3.63, 3.8) is 0 Å². The van der Waals surface area contributed by atoms with Gasteiger partial charge in [-0.25, -0.2) is 15.0 Å². The molecule has 0 bridgehead atoms. The first kappa shape index (κ1) is 18.3. The number of benzene rings is 2. The van der Waals surface area contributed by atoms with Gasteiger partial charge < -0.3 is 5.73 Å². The van der Waals surface area contributed by atoms with E-state index in [1.807, 2.05) is 53.1 Å². The molecule has 3 heterocycles. The average molecular weight is 412 g/mol. The number of aryl methyl sites for hydroxylation is 1. The third-order valence-corrected chi connectivity index (χ3v) is 5.27. The first-order valence-electron chi connectivity index (χ1n) is 9.53. The van der Waals surface area contributed by atoms with Gasteiger partial charge >= 0.3 is 0 Å². The van der Waals surface area contributed by atoms with E-state index in [9.17, 15) is 0 Å². The van der Waals surface area contributed by atoms with Crippen molar-refractivity contribution in [3.05, 3.63) is 89.6 Å². The average Bonchev–Trinajstić information content (AvgIpc) is 3.13. The largest absolute Gasteiger partial charge is 0.383 e. The van der Waals surface area contributed by atoms with Crippen molar-refractivity contribution in [2.24, 2.45) is 0 Å². The van der Waals surface area contributed by atoms with Crippen LogP contribution in [0.2, 0.25) is 5.02 Å². The first-order valence-corrected chi connectivity index (χ1v) is 9.91. The SMILES string of the molecule is Cc1ccc(-n2c(-c3cccnc3N)nc3ccc(-c4ccc(Cl)cc4)nc32)cc1. The fourth-order valence-corrected chi connectivity index (χ4v) is 3.59. The van der Waals surface area contributed by atoms with Crippen LogP contribution < -0.4 is 5.73 Å². The Morgan fingerprint density at radius 1 is 0.867 bits per heavy atom. The molecule has 2 N–H and O–H groups in total. The molecule has 5 rings (SSSR count). The Labute approximate surface area is 178 Å². The van der Waals surface area contributed by atoms with Crippen molar-refractivity contribution in [2.45, 2.75) is 6.92 Å². The maximum Gasteiger partial charge on any atom is 0.165 e. The third kappa shape index (κ3) is 3.19. The van der Waals surface area contributed by atoms with E-state index in [1.54, 1.807) is 6.20 Å². The zero-order valence-electron chi connectivity index (χ0n) is 16.2. The van der Waals surface area contributed by atoms with Crippen molar-refractivity contribution < 1.29 is 0 Å². The molecule has 3 aromatic heterocycles. The molecular formula is C24H18ClN5. The number of nitrogens with two attached hydrogens (primary N) is 1. The highest BCUT2D eigenvalue weighted by Gasteiger charge is 2.18. The number of nitrogen functional groups attached to an aromatic ring is 1. The van der Waals surface area contributed by atoms with Gasteiger partial charge in [0.05, 0.1) is 11.3 Å². The van der Waals surface area contributed by atoms with E-state index in [1.165, 1.54) is 5.56 Å². The van der Waals surface area contributed by atoms with E-state index >= 15 is 0 Å². The topological polar surface area (TPSA) is 69.6 Å². The van der Waals surface area contributed by atoms with Crippen LogP contribution in [0, 0.1) is 6.92 Å². The number of fused-ring (bicyclic) bond motifs is 1. The summed E-state index contributed by atoms with van der Waals surface area (Å²) in [5.41, 5.74) is 12.5. The molecule has 0 fully saturated rings. The molecule has 30 heavy (non-hydrogen) atoms. The lowest BCUT2D eigenvalue weighted by atomic mass is 10.1. The molecule has 0 saturated heterocycles. The zero-order chi connectivity index (χ0) is 20.7. The minimum Gasteiger partial charge on any atom is -0.383 e. The summed E-state index contributed by atoms with van der Waals surface area (Å²) in [6, 6.07) is 23.6. The molecule has 6 heteroatoms. The molecule has 146 valence electrons. The molecule has 5 nitrogen and oxygen atoms in total. The molecule has 0 radical (unpaired) electrons. The zero-order valence-corrected chi connectivity index (χ0v) is 17.0. The van der Waals surface area contributed by atoms with Gasteiger partial charge in [0.25, 0.3) is 0 Å². The van der Waals surface area contributed by atoms with E-state index in [0.29, 0.717) is 16.7 Å². The van der Waals surface area contributed by atoms with Crippen molar-refractivity contribution in [3.8, 4) is 28.3 Å². The number of nitrogens with zero attached hydrogens (tertiary/aromatic N) is 4. The Balaban J connectivity index is 1.79. The lowest BCUT2D eigenvalue weighted by Crippen LogP contribution is -2.02. The van der Waals surface area contributed by atoms with Crippen LogP contribution in [0.25, 0.3) is 39.5 Å². The standard InChI is InChI=1S/C24H18ClN5/c1-15-4-10-18(11-5-15)30-23(19-3-2-14-27-22(19)26)29-21-13-12-20(28-24(21)30)16-6-8-17(25)9-7-16/h2-14H,1H3,(H2,26,27). The Bertz CT molecular complexity index is 1360. The monoisotopic (exact) mass is 411 g/mol. The van der Waals surface area contributed by atoms with Gasteiger partial charge in [0.15, 0.2) is 11.5 Å². The minimum atomic E-state index is 0.430. The minimum absolute atomic E-state index is 0.430. The number of imidazole rings is 1. The number of anilines is 1. The van der Waals surface area contributed by atoms with Crippen molar-refractivity contribution in [1.29, 1.82) is 0 Å². The number of pyridine rings is 2. The van der Waals surface area contributed by atoms with Crippen molar-refractivity contribution in [1.82, 2.24) is 19.5 Å². The summed E-state index contributed by atoms with van der Waals surface area (Å²) in [6.07, 6.45) is 1.68. The molecule has 0 unspecified atom stereocenters. The highest BCUT2D eigenvalue weighted by Crippen LogP contribution is 2.31. The summed E-state index contributed by atoms with van der Waals surface area (Å²) >= 11 is 6.05. The van der Waals surface area contributed by atoms with Crippen LogP contribution in [0.3, 0.4) is 0 Å².